The molecule has 0 aromatic rings. The van der Waals surface area contributed by atoms with E-state index in [0.29, 0.717) is 0 Å². The molecule has 0 spiro atoms. The van der Waals surface area contributed by atoms with E-state index in [-0.39, 0.29) is 17.4 Å². The van der Waals surface area contributed by atoms with Gasteiger partial charge in [0.05, 0.1) is 6.04 Å². The van der Waals surface area contributed by atoms with Crippen molar-refractivity contribution in [3.8, 4) is 0 Å². The lowest BCUT2D eigenvalue weighted by molar-refractivity contribution is -0.135. The van der Waals surface area contributed by atoms with Crippen LogP contribution in [0.5, 0.6) is 0 Å². The fourth-order valence-corrected chi connectivity index (χ4v) is 1.87. The van der Waals surface area contributed by atoms with E-state index in [4.69, 9.17) is 5.73 Å². The fraction of sp³-hybridized carbons (Fsp3) is 0.917. The fourth-order valence-electron chi connectivity index (χ4n) is 1.29. The number of hydrogen-bond donors (Lipinski definition) is 1. The largest absolute Gasteiger partial charge is 0.342 e. The molecule has 0 aliphatic rings. The van der Waals surface area contributed by atoms with Gasteiger partial charge in [0, 0.05) is 13.1 Å². The molecule has 0 aliphatic carbocycles. The van der Waals surface area contributed by atoms with E-state index in [0.717, 1.165) is 12.2 Å². The molecule has 0 radical (unpaired) electrons. The van der Waals surface area contributed by atoms with Crippen molar-refractivity contribution in [1.82, 2.24) is 4.90 Å². The van der Waals surface area contributed by atoms with Gasteiger partial charge in [-0.3, -0.25) is 4.79 Å². The number of rotatable bonds is 5. The topological polar surface area (TPSA) is 46.3 Å². The van der Waals surface area contributed by atoms with Gasteiger partial charge < -0.3 is 10.6 Å². The molecule has 16 heavy (non-hydrogen) atoms. The smallest absolute Gasteiger partial charge is 0.240 e. The van der Waals surface area contributed by atoms with Gasteiger partial charge in [-0.2, -0.15) is 11.8 Å². The summed E-state index contributed by atoms with van der Waals surface area (Å²) in [7, 11) is 1.85. The summed E-state index contributed by atoms with van der Waals surface area (Å²) < 4.78 is 0. The quantitative estimate of drug-likeness (QED) is 0.806. The maximum atomic E-state index is 12.1. The number of likely N-dealkylation sites (N-methyl/N-ethyl adjacent to an activating group) is 1. The van der Waals surface area contributed by atoms with Crippen molar-refractivity contribution in [1.29, 1.82) is 0 Å². The molecule has 0 saturated carbocycles. The zero-order valence-corrected chi connectivity index (χ0v) is 12.2. The van der Waals surface area contributed by atoms with Crippen LogP contribution >= 0.6 is 11.8 Å². The second-order valence-corrected chi connectivity index (χ2v) is 6.41. The highest BCUT2D eigenvalue weighted by molar-refractivity contribution is 7.98. The SMILES string of the molecule is CSCCC(C)N(C)C(=O)[C@@H](N)C(C)(C)C. The molecule has 0 fully saturated rings. The van der Waals surface area contributed by atoms with Gasteiger partial charge in [0.1, 0.15) is 0 Å². The predicted molar refractivity (Wildman–Crippen MR) is 72.7 cm³/mol. The molecule has 1 unspecified atom stereocenters. The van der Waals surface area contributed by atoms with E-state index in [1.54, 1.807) is 16.7 Å². The van der Waals surface area contributed by atoms with Gasteiger partial charge in [0.15, 0.2) is 0 Å². The summed E-state index contributed by atoms with van der Waals surface area (Å²) in [5.41, 5.74) is 5.79. The van der Waals surface area contributed by atoms with Crippen molar-refractivity contribution in [2.24, 2.45) is 11.1 Å². The Bertz CT molecular complexity index is 226. The summed E-state index contributed by atoms with van der Waals surface area (Å²) in [5, 5.41) is 0. The average Bonchev–Trinajstić information content (AvgIpc) is 2.21. The third-order valence-corrected chi connectivity index (χ3v) is 3.59. The Hall–Kier alpha value is -0.220. The standard InChI is InChI=1S/C12H26N2OS/c1-9(7-8-16-6)14(5)11(15)10(13)12(2,3)4/h9-10H,7-8,13H2,1-6H3/t9?,10-/m1/s1. The van der Waals surface area contributed by atoms with Crippen LogP contribution in [0.2, 0.25) is 0 Å². The van der Waals surface area contributed by atoms with Crippen LogP contribution in [0.3, 0.4) is 0 Å². The van der Waals surface area contributed by atoms with Crippen molar-refractivity contribution in [2.45, 2.75) is 46.2 Å². The molecule has 0 aliphatic heterocycles. The summed E-state index contributed by atoms with van der Waals surface area (Å²) in [4.78, 5) is 13.9. The monoisotopic (exact) mass is 246 g/mol. The van der Waals surface area contributed by atoms with Crippen LogP contribution in [0, 0.1) is 5.41 Å². The molecule has 0 rings (SSSR count). The number of carbonyl (C=O) groups is 1. The van der Waals surface area contributed by atoms with Gasteiger partial charge in [-0.05, 0) is 30.8 Å². The summed E-state index contributed by atoms with van der Waals surface area (Å²) in [6, 6.07) is -0.164. The first kappa shape index (κ1) is 15.8. The molecule has 0 bridgehead atoms. The minimum Gasteiger partial charge on any atom is -0.342 e. The Balaban J connectivity index is 4.37. The maximum Gasteiger partial charge on any atom is 0.240 e. The molecule has 0 saturated heterocycles. The Morgan fingerprint density at radius 2 is 1.94 bits per heavy atom. The molecule has 1 amide bonds. The van der Waals surface area contributed by atoms with E-state index < -0.39 is 6.04 Å². The van der Waals surface area contributed by atoms with Crippen LogP contribution in [0.15, 0.2) is 0 Å². The van der Waals surface area contributed by atoms with Gasteiger partial charge >= 0.3 is 0 Å². The van der Waals surface area contributed by atoms with Gasteiger partial charge in [-0.15, -0.1) is 0 Å². The van der Waals surface area contributed by atoms with E-state index in [9.17, 15) is 4.79 Å². The second-order valence-electron chi connectivity index (χ2n) is 5.42. The van der Waals surface area contributed by atoms with Gasteiger partial charge in [-0.25, -0.2) is 0 Å². The summed E-state index contributed by atoms with van der Waals surface area (Å²) in [5.74, 6) is 1.12. The molecule has 0 aromatic heterocycles. The van der Waals surface area contributed by atoms with Gasteiger partial charge in [0.25, 0.3) is 0 Å². The summed E-state index contributed by atoms with van der Waals surface area (Å²) in [6.45, 7) is 8.06. The molecule has 4 heteroatoms. The number of nitrogens with two attached hydrogens (primary N) is 1. The van der Waals surface area contributed by atoms with Crippen LogP contribution in [0.25, 0.3) is 0 Å². The average molecular weight is 246 g/mol. The third-order valence-electron chi connectivity index (χ3n) is 2.95. The van der Waals surface area contributed by atoms with Crippen molar-refractivity contribution < 1.29 is 4.79 Å². The van der Waals surface area contributed by atoms with Crippen LogP contribution in [0.4, 0.5) is 0 Å². The van der Waals surface area contributed by atoms with Gasteiger partial charge in [-0.1, -0.05) is 20.8 Å². The first-order chi connectivity index (χ1) is 7.21. The molecule has 96 valence electrons. The molecule has 2 N–H and O–H groups in total. The normalized spacial score (nSPS) is 15.7. The highest BCUT2D eigenvalue weighted by Crippen LogP contribution is 2.20. The van der Waals surface area contributed by atoms with Crippen molar-refractivity contribution in [3.63, 3.8) is 0 Å². The maximum absolute atomic E-state index is 12.1. The zero-order chi connectivity index (χ0) is 12.9. The first-order valence-corrected chi connectivity index (χ1v) is 7.12. The van der Waals surface area contributed by atoms with Crippen molar-refractivity contribution in [3.05, 3.63) is 0 Å². The highest BCUT2D eigenvalue weighted by atomic mass is 32.2. The molecule has 0 heterocycles. The Morgan fingerprint density at radius 3 is 2.31 bits per heavy atom. The van der Waals surface area contributed by atoms with Crippen LogP contribution in [-0.4, -0.2) is 41.9 Å². The summed E-state index contributed by atoms with van der Waals surface area (Å²) >= 11 is 1.80. The van der Waals surface area contributed by atoms with Crippen molar-refractivity contribution >= 4 is 17.7 Å². The second kappa shape index (κ2) is 6.50. The van der Waals surface area contributed by atoms with E-state index in [1.807, 2.05) is 27.8 Å². The molecule has 3 nitrogen and oxygen atoms in total. The number of carbonyl (C=O) groups excluding carboxylic acids is 1. The lowest BCUT2D eigenvalue weighted by Crippen LogP contribution is -2.51. The lowest BCUT2D eigenvalue weighted by Gasteiger charge is -2.33. The van der Waals surface area contributed by atoms with Gasteiger partial charge in [0.2, 0.25) is 5.91 Å². The van der Waals surface area contributed by atoms with E-state index in [1.165, 1.54) is 0 Å². The molecular formula is C12H26N2OS. The first-order valence-electron chi connectivity index (χ1n) is 5.73. The van der Waals surface area contributed by atoms with E-state index in [2.05, 4.69) is 13.2 Å². The molecular weight excluding hydrogens is 220 g/mol. The number of thioether (sulfide) groups is 1. The Labute approximate surface area is 104 Å². The minimum absolute atomic E-state index is 0.0427. The zero-order valence-electron chi connectivity index (χ0n) is 11.4. The highest BCUT2D eigenvalue weighted by Gasteiger charge is 2.31. The van der Waals surface area contributed by atoms with Crippen LogP contribution < -0.4 is 5.73 Å². The van der Waals surface area contributed by atoms with E-state index >= 15 is 0 Å². The number of nitrogens with zero attached hydrogens (tertiary/aromatic N) is 1. The minimum atomic E-state index is -0.422. The summed E-state index contributed by atoms with van der Waals surface area (Å²) in [6.07, 6.45) is 3.09. The van der Waals surface area contributed by atoms with Crippen molar-refractivity contribution in [2.75, 3.05) is 19.1 Å². The van der Waals surface area contributed by atoms with Crippen LogP contribution in [-0.2, 0) is 4.79 Å². The number of hydrogen-bond acceptors (Lipinski definition) is 3. The number of amides is 1. The Kier molecular flexibility index (Phi) is 6.41. The molecule has 0 aromatic carbocycles. The lowest BCUT2D eigenvalue weighted by atomic mass is 9.86. The predicted octanol–water partition coefficient (Wildman–Crippen LogP) is 1.96. The molecule has 2 atom stereocenters. The third kappa shape index (κ3) is 4.74. The van der Waals surface area contributed by atoms with Crippen LogP contribution in [0.1, 0.15) is 34.1 Å². The Morgan fingerprint density at radius 1 is 1.44 bits per heavy atom.